The number of aromatic amines is 1. The molecule has 0 spiro atoms. The molecular formula is C16H23N5O2. The first-order valence-corrected chi connectivity index (χ1v) is 8.10. The summed E-state index contributed by atoms with van der Waals surface area (Å²) < 4.78 is 7.54. The molecule has 0 unspecified atom stereocenters. The van der Waals surface area contributed by atoms with Gasteiger partial charge in [-0.15, -0.1) is 0 Å². The van der Waals surface area contributed by atoms with Gasteiger partial charge in [-0.2, -0.15) is 0 Å². The molecule has 1 fully saturated rings. The lowest BCUT2D eigenvalue weighted by molar-refractivity contribution is 0.0497. The van der Waals surface area contributed by atoms with Gasteiger partial charge >= 0.3 is 0 Å². The second-order valence-corrected chi connectivity index (χ2v) is 5.85. The number of hydrogen-bond donors (Lipinski definition) is 2. The smallest absolute Gasteiger partial charge is 0.269 e. The lowest BCUT2D eigenvalue weighted by atomic mass is 9.91. The average molecular weight is 317 g/mol. The van der Waals surface area contributed by atoms with Crippen LogP contribution in [0.4, 0.5) is 0 Å². The summed E-state index contributed by atoms with van der Waals surface area (Å²) in [5, 5.41) is 3.14. The highest BCUT2D eigenvalue weighted by Crippen LogP contribution is 2.29. The van der Waals surface area contributed by atoms with Crippen molar-refractivity contribution in [3.8, 4) is 0 Å². The summed E-state index contributed by atoms with van der Waals surface area (Å²) in [4.78, 5) is 24.1. The first-order valence-electron chi connectivity index (χ1n) is 8.10. The summed E-state index contributed by atoms with van der Waals surface area (Å²) in [5.74, 6) is 1.81. The number of imidazole rings is 2. The predicted molar refractivity (Wildman–Crippen MR) is 85.0 cm³/mol. The van der Waals surface area contributed by atoms with Gasteiger partial charge in [0.2, 0.25) is 0 Å². The highest BCUT2D eigenvalue weighted by atomic mass is 16.5. The van der Waals surface area contributed by atoms with E-state index in [-0.39, 0.29) is 11.9 Å². The van der Waals surface area contributed by atoms with Crippen molar-refractivity contribution in [1.82, 2.24) is 24.8 Å². The van der Waals surface area contributed by atoms with E-state index < -0.39 is 0 Å². The van der Waals surface area contributed by atoms with Crippen LogP contribution in [0.5, 0.6) is 0 Å². The molecule has 0 saturated carbocycles. The highest BCUT2D eigenvalue weighted by molar-refractivity contribution is 5.92. The molecule has 2 N–H and O–H groups in total. The minimum Gasteiger partial charge on any atom is -0.381 e. The minimum atomic E-state index is -0.146. The number of hydrogen-bond acceptors (Lipinski definition) is 4. The van der Waals surface area contributed by atoms with E-state index in [0.29, 0.717) is 11.6 Å². The van der Waals surface area contributed by atoms with E-state index in [1.165, 1.54) is 0 Å². The molecule has 1 aliphatic heterocycles. The van der Waals surface area contributed by atoms with Crippen LogP contribution in [0.1, 0.15) is 47.9 Å². The second kappa shape index (κ2) is 6.95. The molecule has 7 heteroatoms. The van der Waals surface area contributed by atoms with E-state index in [4.69, 9.17) is 4.74 Å². The Kier molecular flexibility index (Phi) is 4.76. The van der Waals surface area contributed by atoms with Crippen molar-refractivity contribution >= 4 is 5.91 Å². The normalized spacial score (nSPS) is 17.1. The standard InChI is InChI=1S/C16H23N5O2/c1-3-21-7-6-17-15(21)14(12-4-8-23-9-5-12)20-16(22)13-10-18-11(2)19-13/h6-7,10,12,14H,3-5,8-9H2,1-2H3,(H,18,19)(H,20,22)/t14-/m1/s1. The average Bonchev–Trinajstić information content (AvgIpc) is 3.21. The number of H-pyrrole nitrogens is 1. The Morgan fingerprint density at radius 2 is 2.26 bits per heavy atom. The van der Waals surface area contributed by atoms with Gasteiger partial charge in [-0.1, -0.05) is 0 Å². The summed E-state index contributed by atoms with van der Waals surface area (Å²) in [5.41, 5.74) is 0.481. The van der Waals surface area contributed by atoms with Gasteiger partial charge in [0.1, 0.15) is 17.3 Å². The molecule has 1 atom stereocenters. The summed E-state index contributed by atoms with van der Waals surface area (Å²) >= 11 is 0. The van der Waals surface area contributed by atoms with Crippen LogP contribution in [0.3, 0.4) is 0 Å². The van der Waals surface area contributed by atoms with Gasteiger partial charge in [-0.05, 0) is 32.6 Å². The van der Waals surface area contributed by atoms with Crippen molar-refractivity contribution in [2.75, 3.05) is 13.2 Å². The fourth-order valence-electron chi connectivity index (χ4n) is 3.06. The Hall–Kier alpha value is -2.15. The molecule has 0 aliphatic carbocycles. The van der Waals surface area contributed by atoms with Crippen molar-refractivity contribution in [3.05, 3.63) is 35.9 Å². The zero-order chi connectivity index (χ0) is 16.2. The molecule has 1 saturated heterocycles. The number of nitrogens with zero attached hydrogens (tertiary/aromatic N) is 3. The number of aromatic nitrogens is 4. The Balaban J connectivity index is 1.84. The zero-order valence-electron chi connectivity index (χ0n) is 13.6. The van der Waals surface area contributed by atoms with E-state index >= 15 is 0 Å². The van der Waals surface area contributed by atoms with Gasteiger partial charge in [0.25, 0.3) is 5.91 Å². The van der Waals surface area contributed by atoms with Crippen LogP contribution in [0.25, 0.3) is 0 Å². The Labute approximate surface area is 135 Å². The Morgan fingerprint density at radius 1 is 1.48 bits per heavy atom. The predicted octanol–water partition coefficient (Wildman–Crippen LogP) is 1.83. The molecule has 7 nitrogen and oxygen atoms in total. The minimum absolute atomic E-state index is 0.120. The Bertz CT molecular complexity index is 657. The first-order chi connectivity index (χ1) is 11.2. The molecule has 0 aromatic carbocycles. The van der Waals surface area contributed by atoms with Crippen LogP contribution >= 0.6 is 0 Å². The third-order valence-electron chi connectivity index (χ3n) is 4.34. The zero-order valence-corrected chi connectivity index (χ0v) is 13.6. The highest BCUT2D eigenvalue weighted by Gasteiger charge is 2.30. The number of amides is 1. The number of aryl methyl sites for hydroxylation is 2. The second-order valence-electron chi connectivity index (χ2n) is 5.85. The molecule has 1 aliphatic rings. The monoisotopic (exact) mass is 317 g/mol. The number of carbonyl (C=O) groups excluding carboxylic acids is 1. The van der Waals surface area contributed by atoms with Crippen LogP contribution in [-0.4, -0.2) is 38.6 Å². The molecule has 2 aromatic rings. The molecule has 2 aromatic heterocycles. The lowest BCUT2D eigenvalue weighted by Gasteiger charge is -2.30. The molecule has 124 valence electrons. The third-order valence-corrected chi connectivity index (χ3v) is 4.34. The van der Waals surface area contributed by atoms with Crippen molar-refractivity contribution < 1.29 is 9.53 Å². The quantitative estimate of drug-likeness (QED) is 0.881. The molecule has 0 radical (unpaired) electrons. The maximum Gasteiger partial charge on any atom is 0.269 e. The summed E-state index contributed by atoms with van der Waals surface area (Å²) in [6.07, 6.45) is 7.15. The van der Waals surface area contributed by atoms with Crippen molar-refractivity contribution in [3.63, 3.8) is 0 Å². The van der Waals surface area contributed by atoms with Gasteiger partial charge in [-0.3, -0.25) is 4.79 Å². The Morgan fingerprint density at radius 3 is 2.91 bits per heavy atom. The SMILES string of the molecule is CCn1ccnc1[C@H](NC(=O)c1cnc(C)[nH]1)C1CCOCC1. The number of carbonyl (C=O) groups is 1. The summed E-state index contributed by atoms with van der Waals surface area (Å²) in [6.45, 7) is 6.19. The first kappa shape index (κ1) is 15.7. The molecule has 23 heavy (non-hydrogen) atoms. The summed E-state index contributed by atoms with van der Waals surface area (Å²) in [6, 6.07) is -0.120. The van der Waals surface area contributed by atoms with Gasteiger partial charge in [0.15, 0.2) is 0 Å². The maximum absolute atomic E-state index is 12.6. The lowest BCUT2D eigenvalue weighted by Crippen LogP contribution is -2.37. The van der Waals surface area contributed by atoms with Crippen LogP contribution < -0.4 is 5.32 Å². The van der Waals surface area contributed by atoms with Gasteiger partial charge in [0, 0.05) is 32.2 Å². The van der Waals surface area contributed by atoms with Crippen LogP contribution in [-0.2, 0) is 11.3 Å². The van der Waals surface area contributed by atoms with E-state index in [1.54, 1.807) is 12.4 Å². The molecule has 3 heterocycles. The topological polar surface area (TPSA) is 84.8 Å². The largest absolute Gasteiger partial charge is 0.381 e. The number of ether oxygens (including phenoxy) is 1. The van der Waals surface area contributed by atoms with Crippen LogP contribution in [0.2, 0.25) is 0 Å². The van der Waals surface area contributed by atoms with Crippen molar-refractivity contribution in [1.29, 1.82) is 0 Å². The van der Waals surface area contributed by atoms with Gasteiger partial charge in [-0.25, -0.2) is 9.97 Å². The van der Waals surface area contributed by atoms with E-state index in [2.05, 4.69) is 31.8 Å². The third kappa shape index (κ3) is 3.44. The number of rotatable bonds is 5. The fourth-order valence-corrected chi connectivity index (χ4v) is 3.06. The van der Waals surface area contributed by atoms with Crippen molar-refractivity contribution in [2.45, 2.75) is 39.3 Å². The molecular weight excluding hydrogens is 294 g/mol. The van der Waals surface area contributed by atoms with E-state index in [0.717, 1.165) is 44.2 Å². The molecule has 0 bridgehead atoms. The van der Waals surface area contributed by atoms with Crippen molar-refractivity contribution in [2.24, 2.45) is 5.92 Å². The molecule has 1 amide bonds. The maximum atomic E-state index is 12.6. The fraction of sp³-hybridized carbons (Fsp3) is 0.562. The van der Waals surface area contributed by atoms with Gasteiger partial charge in [0.05, 0.1) is 12.2 Å². The van der Waals surface area contributed by atoms with Crippen LogP contribution in [0.15, 0.2) is 18.6 Å². The summed E-state index contributed by atoms with van der Waals surface area (Å²) in [7, 11) is 0. The van der Waals surface area contributed by atoms with Gasteiger partial charge < -0.3 is 19.6 Å². The van der Waals surface area contributed by atoms with Crippen LogP contribution in [0, 0.1) is 12.8 Å². The number of nitrogens with one attached hydrogen (secondary N) is 2. The van der Waals surface area contributed by atoms with E-state index in [1.807, 2.05) is 13.1 Å². The molecule has 3 rings (SSSR count). The van der Waals surface area contributed by atoms with E-state index in [9.17, 15) is 4.79 Å².